The van der Waals surface area contributed by atoms with Crippen LogP contribution in [0.25, 0.3) is 0 Å². The van der Waals surface area contributed by atoms with E-state index in [9.17, 15) is 21.6 Å². The molecule has 0 aliphatic carbocycles. The molecule has 1 N–H and O–H groups in total. The minimum absolute atomic E-state index is 0.0731. The van der Waals surface area contributed by atoms with Gasteiger partial charge in [0.15, 0.2) is 0 Å². The first-order chi connectivity index (χ1) is 13.6. The topological polar surface area (TPSA) is 46.2 Å². The fourth-order valence-electron chi connectivity index (χ4n) is 3.41. The number of sulfonamides is 1. The molecule has 0 saturated heterocycles. The van der Waals surface area contributed by atoms with Gasteiger partial charge >= 0.3 is 6.18 Å². The molecule has 0 spiro atoms. The summed E-state index contributed by atoms with van der Waals surface area (Å²) in [6.07, 6.45) is -4.56. The molecule has 0 aliphatic heterocycles. The second-order valence-corrected chi connectivity index (χ2v) is 10.3. The zero-order valence-electron chi connectivity index (χ0n) is 18.5. The quantitative estimate of drug-likeness (QED) is 0.516. The molecule has 30 heavy (non-hydrogen) atoms. The fraction of sp³-hybridized carbons (Fsp3) is 0.478. The maximum atomic E-state index is 13.4. The summed E-state index contributed by atoms with van der Waals surface area (Å²) in [4.78, 5) is 0.159. The summed E-state index contributed by atoms with van der Waals surface area (Å²) in [6.45, 7) is 13.2. The smallest absolute Gasteiger partial charge is 0.280 e. The summed E-state index contributed by atoms with van der Waals surface area (Å²) in [5.41, 5.74) is 1.72. The van der Waals surface area contributed by atoms with Gasteiger partial charge in [-0.15, -0.1) is 0 Å². The van der Waals surface area contributed by atoms with E-state index >= 15 is 0 Å². The van der Waals surface area contributed by atoms with Crippen molar-refractivity contribution in [2.45, 2.75) is 77.3 Å². The van der Waals surface area contributed by atoms with Crippen molar-refractivity contribution in [1.82, 2.24) is 0 Å². The van der Waals surface area contributed by atoms with Gasteiger partial charge in [-0.25, -0.2) is 8.42 Å². The zero-order chi connectivity index (χ0) is 23.0. The van der Waals surface area contributed by atoms with Crippen LogP contribution in [0.3, 0.4) is 0 Å². The molecule has 2 aromatic rings. The van der Waals surface area contributed by atoms with Gasteiger partial charge in [-0.05, 0) is 65.1 Å². The molecule has 2 rings (SSSR count). The molecule has 0 aliphatic rings. The van der Waals surface area contributed by atoms with Gasteiger partial charge in [-0.3, -0.25) is 4.72 Å². The molecule has 7 heteroatoms. The Morgan fingerprint density at radius 2 is 1.30 bits per heavy atom. The van der Waals surface area contributed by atoms with Gasteiger partial charge in [0.25, 0.3) is 10.0 Å². The second-order valence-electron chi connectivity index (χ2n) is 8.68. The van der Waals surface area contributed by atoms with Crippen molar-refractivity contribution in [1.29, 1.82) is 0 Å². The molecule has 0 unspecified atom stereocenters. The van der Waals surface area contributed by atoms with Crippen molar-refractivity contribution >= 4 is 15.7 Å². The molecule has 0 aromatic heterocycles. The molecule has 0 atom stereocenters. The second kappa shape index (κ2) is 8.61. The lowest BCUT2D eigenvalue weighted by atomic mass is 9.89. The number of hydrogen-bond acceptors (Lipinski definition) is 2. The van der Waals surface area contributed by atoms with Gasteiger partial charge < -0.3 is 0 Å². The Kier molecular flexibility index (Phi) is 6.96. The average molecular weight is 442 g/mol. The molecular weight excluding hydrogens is 411 g/mol. The van der Waals surface area contributed by atoms with Gasteiger partial charge in [-0.2, -0.15) is 13.2 Å². The van der Waals surface area contributed by atoms with Crippen molar-refractivity contribution in [3.8, 4) is 0 Å². The number of aryl methyl sites for hydroxylation is 1. The summed E-state index contributed by atoms with van der Waals surface area (Å²) in [6, 6.07) is 7.02. The highest BCUT2D eigenvalue weighted by molar-refractivity contribution is 7.92. The number of benzene rings is 2. The van der Waals surface area contributed by atoms with Crippen LogP contribution in [0, 0.1) is 6.92 Å². The molecule has 2 aromatic carbocycles. The number of halogens is 3. The standard InChI is InChI=1S/C23H30F3NO2S/c1-13(2)17-10-20(14(3)4)22(21(11-17)15(5)6)30(28,29)27-19-9-16(7)8-18(12-19)23(24,25)26/h8-15,27H,1-7H3. The van der Waals surface area contributed by atoms with Crippen LogP contribution in [0.2, 0.25) is 0 Å². The van der Waals surface area contributed by atoms with Crippen LogP contribution in [0.5, 0.6) is 0 Å². The van der Waals surface area contributed by atoms with Crippen LogP contribution >= 0.6 is 0 Å². The lowest BCUT2D eigenvalue weighted by Crippen LogP contribution is -2.19. The predicted molar refractivity (Wildman–Crippen MR) is 116 cm³/mol. The first kappa shape index (κ1) is 24.3. The third-order valence-electron chi connectivity index (χ3n) is 5.01. The highest BCUT2D eigenvalue weighted by Crippen LogP contribution is 2.37. The number of anilines is 1. The first-order valence-corrected chi connectivity index (χ1v) is 11.5. The van der Waals surface area contributed by atoms with Crippen molar-refractivity contribution in [3.63, 3.8) is 0 Å². The van der Waals surface area contributed by atoms with Crippen molar-refractivity contribution in [2.75, 3.05) is 4.72 Å². The molecule has 3 nitrogen and oxygen atoms in total. The molecule has 0 heterocycles. The normalized spacial score (nSPS) is 12.8. The lowest BCUT2D eigenvalue weighted by Gasteiger charge is -2.23. The highest BCUT2D eigenvalue weighted by atomic mass is 32.2. The Bertz CT molecular complexity index is 994. The summed E-state index contributed by atoms with van der Waals surface area (Å²) in [5, 5.41) is 0. The molecule has 166 valence electrons. The first-order valence-electron chi connectivity index (χ1n) is 10.0. The Labute approximate surface area is 177 Å². The third kappa shape index (κ3) is 5.36. The van der Waals surface area contributed by atoms with Gasteiger partial charge in [0.05, 0.1) is 10.5 Å². The number of rotatable bonds is 6. The molecule has 0 saturated carbocycles. The lowest BCUT2D eigenvalue weighted by molar-refractivity contribution is -0.137. The van der Waals surface area contributed by atoms with E-state index in [-0.39, 0.29) is 28.3 Å². The van der Waals surface area contributed by atoms with Gasteiger partial charge in [-0.1, -0.05) is 53.7 Å². The van der Waals surface area contributed by atoms with Crippen LogP contribution in [0.4, 0.5) is 18.9 Å². The van der Waals surface area contributed by atoms with E-state index < -0.39 is 21.8 Å². The monoisotopic (exact) mass is 441 g/mol. The van der Waals surface area contributed by atoms with E-state index in [1.165, 1.54) is 13.0 Å². The van der Waals surface area contributed by atoms with Crippen LogP contribution in [0.1, 0.15) is 87.1 Å². The van der Waals surface area contributed by atoms with E-state index in [1.54, 1.807) is 0 Å². The van der Waals surface area contributed by atoms with Gasteiger partial charge in [0, 0.05) is 5.69 Å². The number of nitrogens with one attached hydrogen (secondary N) is 1. The Morgan fingerprint density at radius 1 is 0.800 bits per heavy atom. The van der Waals surface area contributed by atoms with Crippen LogP contribution < -0.4 is 4.72 Å². The summed E-state index contributed by atoms with van der Waals surface area (Å²) >= 11 is 0. The Hall–Kier alpha value is -2.02. The molecule has 0 amide bonds. The molecule has 0 radical (unpaired) electrons. The minimum atomic E-state index is -4.56. The van der Waals surface area contributed by atoms with Crippen LogP contribution in [-0.2, 0) is 16.2 Å². The molecule has 0 bridgehead atoms. The Balaban J connectivity index is 2.69. The largest absolute Gasteiger partial charge is 0.416 e. The molecule has 0 fully saturated rings. The number of hydrogen-bond donors (Lipinski definition) is 1. The third-order valence-corrected chi connectivity index (χ3v) is 6.52. The summed E-state index contributed by atoms with van der Waals surface area (Å²) < 4.78 is 68.8. The minimum Gasteiger partial charge on any atom is -0.280 e. The van der Waals surface area contributed by atoms with E-state index in [0.29, 0.717) is 16.7 Å². The zero-order valence-corrected chi connectivity index (χ0v) is 19.3. The maximum absolute atomic E-state index is 13.4. The van der Waals surface area contributed by atoms with Crippen molar-refractivity contribution in [3.05, 3.63) is 58.1 Å². The predicted octanol–water partition coefficient (Wildman–Crippen LogP) is 7.18. The van der Waals surface area contributed by atoms with Crippen LogP contribution in [0.15, 0.2) is 35.2 Å². The average Bonchev–Trinajstić information content (AvgIpc) is 2.58. The van der Waals surface area contributed by atoms with Crippen molar-refractivity contribution in [2.24, 2.45) is 0 Å². The summed E-state index contributed by atoms with van der Waals surface area (Å²) in [7, 11) is -4.10. The highest BCUT2D eigenvalue weighted by Gasteiger charge is 2.32. The van der Waals surface area contributed by atoms with E-state index in [2.05, 4.69) is 4.72 Å². The van der Waals surface area contributed by atoms with E-state index in [0.717, 1.165) is 17.7 Å². The number of alkyl halides is 3. The van der Waals surface area contributed by atoms with E-state index in [1.807, 2.05) is 53.7 Å². The Morgan fingerprint density at radius 3 is 1.70 bits per heavy atom. The summed E-state index contributed by atoms with van der Waals surface area (Å²) in [5.74, 6) is 0.0721. The van der Waals surface area contributed by atoms with E-state index in [4.69, 9.17) is 0 Å². The SMILES string of the molecule is Cc1cc(NS(=O)(=O)c2c(C(C)C)cc(C(C)C)cc2C(C)C)cc(C(F)(F)F)c1. The fourth-order valence-corrected chi connectivity index (χ4v) is 5.15. The maximum Gasteiger partial charge on any atom is 0.416 e. The van der Waals surface area contributed by atoms with Gasteiger partial charge in [0.1, 0.15) is 0 Å². The van der Waals surface area contributed by atoms with Crippen LogP contribution in [-0.4, -0.2) is 8.42 Å². The van der Waals surface area contributed by atoms with Crippen molar-refractivity contribution < 1.29 is 21.6 Å². The molecular formula is C23H30F3NO2S. The van der Waals surface area contributed by atoms with Gasteiger partial charge in [0.2, 0.25) is 0 Å².